The molecule has 104 valence electrons. The van der Waals surface area contributed by atoms with Gasteiger partial charge in [0.25, 0.3) is 0 Å². The third-order valence-electron chi connectivity index (χ3n) is 3.02. The highest BCUT2D eigenvalue weighted by atomic mass is 16.5. The molecule has 0 spiro atoms. The zero-order valence-corrected chi connectivity index (χ0v) is 11.8. The van der Waals surface area contributed by atoms with Gasteiger partial charge in [-0.25, -0.2) is 0 Å². The van der Waals surface area contributed by atoms with Gasteiger partial charge in [0, 0.05) is 32.4 Å². The SMILES string of the molecule is CCC(C)n1ccc(CN(C)CC(O)COC)n1. The molecule has 0 bridgehead atoms. The predicted octanol–water partition coefficient (Wildman–Crippen LogP) is 1.29. The number of ether oxygens (including phenoxy) is 1. The number of methoxy groups -OCH3 is 1. The molecule has 0 fully saturated rings. The highest BCUT2D eigenvalue weighted by molar-refractivity contribution is 4.99. The molecular weight excluding hydrogens is 230 g/mol. The Morgan fingerprint density at radius 3 is 2.89 bits per heavy atom. The van der Waals surface area contributed by atoms with Crippen LogP contribution in [0.2, 0.25) is 0 Å². The number of aliphatic hydroxyl groups is 1. The molecule has 5 nitrogen and oxygen atoms in total. The second-order valence-electron chi connectivity index (χ2n) is 4.85. The van der Waals surface area contributed by atoms with Crippen molar-refractivity contribution in [1.82, 2.24) is 14.7 Å². The summed E-state index contributed by atoms with van der Waals surface area (Å²) in [4.78, 5) is 2.05. The van der Waals surface area contributed by atoms with E-state index in [1.54, 1.807) is 7.11 Å². The van der Waals surface area contributed by atoms with E-state index in [0.29, 0.717) is 19.2 Å². The van der Waals surface area contributed by atoms with Crippen LogP contribution in [0, 0.1) is 0 Å². The van der Waals surface area contributed by atoms with Crippen molar-refractivity contribution in [2.75, 3.05) is 27.3 Å². The van der Waals surface area contributed by atoms with Gasteiger partial charge in [-0.1, -0.05) is 6.92 Å². The molecule has 0 saturated heterocycles. The van der Waals surface area contributed by atoms with Crippen LogP contribution in [0.25, 0.3) is 0 Å². The first-order chi connectivity index (χ1) is 8.56. The Bertz CT molecular complexity index is 341. The van der Waals surface area contributed by atoms with E-state index in [9.17, 15) is 5.11 Å². The lowest BCUT2D eigenvalue weighted by Gasteiger charge is -2.19. The Morgan fingerprint density at radius 1 is 1.56 bits per heavy atom. The van der Waals surface area contributed by atoms with Gasteiger partial charge in [-0.15, -0.1) is 0 Å². The smallest absolute Gasteiger partial charge is 0.0900 e. The number of nitrogens with zero attached hydrogens (tertiary/aromatic N) is 3. The Balaban J connectivity index is 2.44. The quantitative estimate of drug-likeness (QED) is 0.760. The van der Waals surface area contributed by atoms with Gasteiger partial charge in [0.1, 0.15) is 0 Å². The van der Waals surface area contributed by atoms with Crippen LogP contribution in [0.5, 0.6) is 0 Å². The molecule has 1 aromatic rings. The van der Waals surface area contributed by atoms with Gasteiger partial charge in [-0.05, 0) is 26.5 Å². The Morgan fingerprint density at radius 2 is 2.28 bits per heavy atom. The number of aliphatic hydroxyl groups excluding tert-OH is 1. The summed E-state index contributed by atoms with van der Waals surface area (Å²) < 4.78 is 6.90. The van der Waals surface area contributed by atoms with Gasteiger partial charge in [0.2, 0.25) is 0 Å². The molecule has 0 aliphatic rings. The number of rotatable bonds is 8. The number of hydrogen-bond donors (Lipinski definition) is 1. The van der Waals surface area contributed by atoms with Crippen molar-refractivity contribution >= 4 is 0 Å². The Kier molecular flexibility index (Phi) is 6.32. The first-order valence-electron chi connectivity index (χ1n) is 6.46. The topological polar surface area (TPSA) is 50.5 Å². The Hall–Kier alpha value is -0.910. The summed E-state index contributed by atoms with van der Waals surface area (Å²) in [5.74, 6) is 0. The van der Waals surface area contributed by atoms with Crippen molar-refractivity contribution in [1.29, 1.82) is 0 Å². The molecule has 0 aromatic carbocycles. The monoisotopic (exact) mass is 255 g/mol. The number of likely N-dealkylation sites (N-methyl/N-ethyl adjacent to an activating group) is 1. The minimum Gasteiger partial charge on any atom is -0.389 e. The summed E-state index contributed by atoms with van der Waals surface area (Å²) in [5.41, 5.74) is 1.03. The van der Waals surface area contributed by atoms with E-state index < -0.39 is 6.10 Å². The Labute approximate surface area is 109 Å². The summed E-state index contributed by atoms with van der Waals surface area (Å²) in [6.07, 6.45) is 2.64. The molecule has 0 aliphatic carbocycles. The lowest BCUT2D eigenvalue weighted by atomic mass is 10.3. The molecule has 0 amide bonds. The van der Waals surface area contributed by atoms with E-state index >= 15 is 0 Å². The van der Waals surface area contributed by atoms with Crippen molar-refractivity contribution in [2.45, 2.75) is 39.0 Å². The van der Waals surface area contributed by atoms with E-state index in [2.05, 4.69) is 18.9 Å². The summed E-state index contributed by atoms with van der Waals surface area (Å²) in [6, 6.07) is 2.47. The van der Waals surface area contributed by atoms with Crippen LogP contribution in [-0.4, -0.2) is 53.2 Å². The molecule has 0 saturated carbocycles. The maximum atomic E-state index is 9.64. The van der Waals surface area contributed by atoms with E-state index in [1.807, 2.05) is 28.9 Å². The first-order valence-corrected chi connectivity index (χ1v) is 6.46. The van der Waals surface area contributed by atoms with Gasteiger partial charge in [-0.2, -0.15) is 5.10 Å². The fourth-order valence-electron chi connectivity index (χ4n) is 1.84. The van der Waals surface area contributed by atoms with Crippen LogP contribution in [-0.2, 0) is 11.3 Å². The molecule has 1 N–H and O–H groups in total. The fourth-order valence-corrected chi connectivity index (χ4v) is 1.84. The van der Waals surface area contributed by atoms with Crippen LogP contribution in [0.1, 0.15) is 32.0 Å². The summed E-state index contributed by atoms with van der Waals surface area (Å²) in [6.45, 7) is 6.00. The number of aromatic nitrogens is 2. The van der Waals surface area contributed by atoms with Crippen LogP contribution in [0.4, 0.5) is 0 Å². The van der Waals surface area contributed by atoms with Crippen LogP contribution < -0.4 is 0 Å². The fraction of sp³-hybridized carbons (Fsp3) is 0.769. The second kappa shape index (κ2) is 7.51. The molecular formula is C13H25N3O2. The highest BCUT2D eigenvalue weighted by Gasteiger charge is 2.10. The zero-order chi connectivity index (χ0) is 13.5. The molecule has 2 unspecified atom stereocenters. The summed E-state index contributed by atoms with van der Waals surface area (Å²) in [5, 5.41) is 14.2. The standard InChI is InChI=1S/C13H25N3O2/c1-5-11(2)16-7-6-12(14-16)8-15(3)9-13(17)10-18-4/h6-7,11,13,17H,5,8-10H2,1-4H3. The molecule has 1 rings (SSSR count). The average molecular weight is 255 g/mol. The molecule has 2 atom stereocenters. The van der Waals surface area contributed by atoms with E-state index in [4.69, 9.17) is 4.74 Å². The van der Waals surface area contributed by atoms with Gasteiger partial charge < -0.3 is 9.84 Å². The normalized spacial score (nSPS) is 15.0. The van der Waals surface area contributed by atoms with Gasteiger partial charge in [0.15, 0.2) is 0 Å². The largest absolute Gasteiger partial charge is 0.389 e. The van der Waals surface area contributed by atoms with E-state index in [0.717, 1.165) is 18.7 Å². The first kappa shape index (κ1) is 15.1. The average Bonchev–Trinajstić information content (AvgIpc) is 2.76. The minimum atomic E-state index is -0.448. The van der Waals surface area contributed by atoms with Gasteiger partial charge in [0.05, 0.1) is 18.4 Å². The van der Waals surface area contributed by atoms with Crippen molar-refractivity contribution in [3.8, 4) is 0 Å². The molecule has 0 radical (unpaired) electrons. The zero-order valence-electron chi connectivity index (χ0n) is 11.8. The predicted molar refractivity (Wildman–Crippen MR) is 71.4 cm³/mol. The maximum Gasteiger partial charge on any atom is 0.0900 e. The van der Waals surface area contributed by atoms with Crippen LogP contribution >= 0.6 is 0 Å². The second-order valence-corrected chi connectivity index (χ2v) is 4.85. The molecule has 18 heavy (non-hydrogen) atoms. The summed E-state index contributed by atoms with van der Waals surface area (Å²) in [7, 11) is 3.57. The van der Waals surface area contributed by atoms with Gasteiger partial charge >= 0.3 is 0 Å². The van der Waals surface area contributed by atoms with Crippen molar-refractivity contribution in [3.63, 3.8) is 0 Å². The van der Waals surface area contributed by atoms with Crippen molar-refractivity contribution in [3.05, 3.63) is 18.0 Å². The summed E-state index contributed by atoms with van der Waals surface area (Å²) >= 11 is 0. The van der Waals surface area contributed by atoms with E-state index in [1.165, 1.54) is 0 Å². The third-order valence-corrected chi connectivity index (χ3v) is 3.02. The van der Waals surface area contributed by atoms with E-state index in [-0.39, 0.29) is 0 Å². The van der Waals surface area contributed by atoms with Crippen LogP contribution in [0.15, 0.2) is 12.3 Å². The molecule has 1 heterocycles. The van der Waals surface area contributed by atoms with Crippen molar-refractivity contribution < 1.29 is 9.84 Å². The van der Waals surface area contributed by atoms with Gasteiger partial charge in [-0.3, -0.25) is 9.58 Å². The maximum absolute atomic E-state index is 9.64. The lowest BCUT2D eigenvalue weighted by Crippen LogP contribution is -2.31. The van der Waals surface area contributed by atoms with Crippen molar-refractivity contribution in [2.24, 2.45) is 0 Å². The third kappa shape index (κ3) is 4.76. The molecule has 5 heteroatoms. The lowest BCUT2D eigenvalue weighted by molar-refractivity contribution is 0.0416. The number of hydrogen-bond acceptors (Lipinski definition) is 4. The molecule has 0 aliphatic heterocycles. The highest BCUT2D eigenvalue weighted by Crippen LogP contribution is 2.10. The molecule has 1 aromatic heterocycles. The minimum absolute atomic E-state index is 0.367. The van der Waals surface area contributed by atoms with Crippen LogP contribution in [0.3, 0.4) is 0 Å².